The number of ether oxygens (including phenoxy) is 1. The van der Waals surface area contributed by atoms with Crippen LogP contribution in [0.5, 0.6) is 0 Å². The molecule has 0 radical (unpaired) electrons. The molecule has 0 saturated carbocycles. The van der Waals surface area contributed by atoms with Crippen molar-refractivity contribution in [1.29, 1.82) is 0 Å². The first-order valence-electron chi connectivity index (χ1n) is 4.18. The van der Waals surface area contributed by atoms with Gasteiger partial charge in [-0.25, -0.2) is 0 Å². The van der Waals surface area contributed by atoms with Gasteiger partial charge in [0.2, 0.25) is 0 Å². The van der Waals surface area contributed by atoms with Gasteiger partial charge in [0.05, 0.1) is 13.4 Å². The van der Waals surface area contributed by atoms with Crippen molar-refractivity contribution in [2.45, 2.75) is 25.7 Å². The molecular weight excluding hydrogens is 156 g/mol. The van der Waals surface area contributed by atoms with Gasteiger partial charge in [-0.15, -0.1) is 0 Å². The van der Waals surface area contributed by atoms with E-state index in [0.717, 1.165) is 25.7 Å². The molecule has 0 aromatic carbocycles. The van der Waals surface area contributed by atoms with E-state index >= 15 is 0 Å². The molecule has 0 amide bonds. The topological polar surface area (TPSA) is 49.7 Å². The molecular formula is C9H20O3. The normalized spacial score (nSPS) is 8.25. The van der Waals surface area contributed by atoms with E-state index in [1.54, 1.807) is 7.11 Å². The summed E-state index contributed by atoms with van der Waals surface area (Å²) in [5.41, 5.74) is 0. The van der Waals surface area contributed by atoms with E-state index in [0.29, 0.717) is 0 Å². The van der Waals surface area contributed by atoms with Gasteiger partial charge in [0.15, 0.2) is 0 Å². The predicted octanol–water partition coefficient (Wildman–Crippen LogP) is 1.31. The Morgan fingerprint density at radius 2 is 1.42 bits per heavy atom. The van der Waals surface area contributed by atoms with Crippen LogP contribution in [0.15, 0.2) is 12.8 Å². The van der Waals surface area contributed by atoms with E-state index < -0.39 is 0 Å². The Morgan fingerprint density at radius 3 is 1.58 bits per heavy atom. The van der Waals surface area contributed by atoms with Crippen molar-refractivity contribution in [3.63, 3.8) is 0 Å². The lowest BCUT2D eigenvalue weighted by Crippen LogP contribution is -1.85. The number of hydrogen-bond donors (Lipinski definition) is 2. The highest BCUT2D eigenvalue weighted by Crippen LogP contribution is 1.96. The zero-order valence-corrected chi connectivity index (χ0v) is 7.83. The fraction of sp³-hybridized carbons (Fsp3) is 0.778. The van der Waals surface area contributed by atoms with Crippen molar-refractivity contribution in [1.82, 2.24) is 0 Å². The third-order valence-electron chi connectivity index (χ3n) is 1.23. The molecule has 74 valence electrons. The van der Waals surface area contributed by atoms with E-state index in [1.807, 2.05) is 0 Å². The van der Waals surface area contributed by atoms with Gasteiger partial charge < -0.3 is 14.9 Å². The van der Waals surface area contributed by atoms with E-state index in [9.17, 15) is 0 Å². The second kappa shape index (κ2) is 16.8. The Kier molecular flexibility index (Phi) is 19.6. The van der Waals surface area contributed by atoms with Gasteiger partial charge in [0, 0.05) is 13.2 Å². The predicted molar refractivity (Wildman–Crippen MR) is 49.8 cm³/mol. The lowest BCUT2D eigenvalue weighted by Gasteiger charge is -1.93. The first-order valence-corrected chi connectivity index (χ1v) is 4.18. The quantitative estimate of drug-likeness (QED) is 0.474. The molecule has 0 aliphatic heterocycles. The van der Waals surface area contributed by atoms with E-state index in [4.69, 9.17) is 10.2 Å². The molecule has 0 aliphatic carbocycles. The Bertz CT molecular complexity index is 68.2. The molecule has 12 heavy (non-hydrogen) atoms. The minimum Gasteiger partial charge on any atom is -0.505 e. The van der Waals surface area contributed by atoms with Gasteiger partial charge in [-0.3, -0.25) is 0 Å². The lowest BCUT2D eigenvalue weighted by atomic mass is 10.2. The smallest absolute Gasteiger partial charge is 0.0766 e. The van der Waals surface area contributed by atoms with E-state index in [1.165, 1.54) is 6.26 Å². The largest absolute Gasteiger partial charge is 0.505 e. The summed E-state index contributed by atoms with van der Waals surface area (Å²) < 4.78 is 4.31. The average Bonchev–Trinajstić information content (AvgIpc) is 2.13. The Balaban J connectivity index is 0. The average molecular weight is 176 g/mol. The molecule has 3 heteroatoms. The molecule has 0 unspecified atom stereocenters. The van der Waals surface area contributed by atoms with Crippen LogP contribution in [0.25, 0.3) is 0 Å². The zero-order chi connectivity index (χ0) is 9.66. The van der Waals surface area contributed by atoms with E-state index in [-0.39, 0.29) is 13.2 Å². The maximum absolute atomic E-state index is 8.30. The first kappa shape index (κ1) is 14.0. The number of aliphatic hydroxyl groups is 2. The summed E-state index contributed by atoms with van der Waals surface area (Å²) in [7, 11) is 1.56. The fourth-order valence-electron chi connectivity index (χ4n) is 0.577. The molecule has 0 fully saturated rings. The summed E-state index contributed by atoms with van der Waals surface area (Å²) in [6.45, 7) is 3.82. The molecule has 0 saturated heterocycles. The van der Waals surface area contributed by atoms with Crippen molar-refractivity contribution in [2.75, 3.05) is 20.3 Å². The third kappa shape index (κ3) is 22.7. The molecule has 0 aliphatic rings. The molecule has 2 N–H and O–H groups in total. The molecule has 0 spiro atoms. The van der Waals surface area contributed by atoms with Gasteiger partial charge in [-0.2, -0.15) is 0 Å². The molecule has 0 heterocycles. The summed E-state index contributed by atoms with van der Waals surface area (Å²) in [5, 5.41) is 16.6. The number of rotatable bonds is 6. The third-order valence-corrected chi connectivity index (χ3v) is 1.23. The summed E-state index contributed by atoms with van der Waals surface area (Å²) in [6.07, 6.45) is 5.20. The van der Waals surface area contributed by atoms with Gasteiger partial charge in [-0.05, 0) is 12.8 Å². The molecule has 3 nitrogen and oxygen atoms in total. The van der Waals surface area contributed by atoms with Crippen LogP contribution in [0, 0.1) is 0 Å². The molecule has 0 rings (SSSR count). The standard InChI is InChI=1S/C6H14O2.C3H6O/c7-5-3-1-2-4-6-8;1-3-4-2/h7-8H,1-6H2;3H,1H2,2H3. The van der Waals surface area contributed by atoms with Crippen LogP contribution in [0.1, 0.15) is 25.7 Å². The van der Waals surface area contributed by atoms with Gasteiger partial charge >= 0.3 is 0 Å². The summed E-state index contributed by atoms with van der Waals surface area (Å²) in [5.74, 6) is 0. The molecule has 0 bridgehead atoms. The Labute approximate surface area is 74.7 Å². The number of methoxy groups -OCH3 is 1. The Morgan fingerprint density at radius 1 is 1.08 bits per heavy atom. The van der Waals surface area contributed by atoms with Crippen molar-refractivity contribution in [2.24, 2.45) is 0 Å². The molecule has 0 aromatic rings. The highest BCUT2D eigenvalue weighted by atomic mass is 16.5. The SMILES string of the molecule is C=COC.OCCCCCCO. The van der Waals surface area contributed by atoms with Crippen molar-refractivity contribution < 1.29 is 14.9 Å². The molecule has 0 atom stereocenters. The minimum absolute atomic E-state index is 0.283. The van der Waals surface area contributed by atoms with Crippen LogP contribution in [-0.2, 0) is 4.74 Å². The maximum atomic E-state index is 8.30. The van der Waals surface area contributed by atoms with Crippen molar-refractivity contribution in [3.05, 3.63) is 12.8 Å². The van der Waals surface area contributed by atoms with E-state index in [2.05, 4.69) is 11.3 Å². The Hall–Kier alpha value is -0.540. The van der Waals surface area contributed by atoms with Crippen LogP contribution in [-0.4, -0.2) is 30.5 Å². The maximum Gasteiger partial charge on any atom is 0.0766 e. The minimum atomic E-state index is 0.283. The first-order chi connectivity index (χ1) is 5.83. The lowest BCUT2D eigenvalue weighted by molar-refractivity contribution is 0.265. The zero-order valence-electron chi connectivity index (χ0n) is 7.83. The number of hydrogen-bond acceptors (Lipinski definition) is 3. The number of aliphatic hydroxyl groups excluding tert-OH is 2. The molecule has 0 aromatic heterocycles. The monoisotopic (exact) mass is 176 g/mol. The number of unbranched alkanes of at least 4 members (excludes halogenated alkanes) is 3. The van der Waals surface area contributed by atoms with Crippen LogP contribution < -0.4 is 0 Å². The van der Waals surface area contributed by atoms with Crippen LogP contribution in [0.4, 0.5) is 0 Å². The second-order valence-electron chi connectivity index (χ2n) is 2.26. The van der Waals surface area contributed by atoms with Gasteiger partial charge in [0.1, 0.15) is 0 Å². The summed E-state index contributed by atoms with van der Waals surface area (Å²) in [6, 6.07) is 0. The highest BCUT2D eigenvalue weighted by molar-refractivity contribution is 4.43. The van der Waals surface area contributed by atoms with Crippen LogP contribution >= 0.6 is 0 Å². The fourth-order valence-corrected chi connectivity index (χ4v) is 0.577. The summed E-state index contributed by atoms with van der Waals surface area (Å²) >= 11 is 0. The van der Waals surface area contributed by atoms with Gasteiger partial charge in [0.25, 0.3) is 0 Å². The highest BCUT2D eigenvalue weighted by Gasteiger charge is 1.84. The summed E-state index contributed by atoms with van der Waals surface area (Å²) in [4.78, 5) is 0. The second-order valence-corrected chi connectivity index (χ2v) is 2.26. The van der Waals surface area contributed by atoms with Crippen molar-refractivity contribution in [3.8, 4) is 0 Å². The van der Waals surface area contributed by atoms with Crippen LogP contribution in [0.3, 0.4) is 0 Å². The van der Waals surface area contributed by atoms with Crippen LogP contribution in [0.2, 0.25) is 0 Å². The van der Waals surface area contributed by atoms with Crippen molar-refractivity contribution >= 4 is 0 Å². The van der Waals surface area contributed by atoms with Gasteiger partial charge in [-0.1, -0.05) is 19.4 Å².